The van der Waals surface area contributed by atoms with Crippen molar-refractivity contribution in [2.45, 2.75) is 13.0 Å². The second kappa shape index (κ2) is 7.67. The lowest BCUT2D eigenvalue weighted by Gasteiger charge is -2.26. The summed E-state index contributed by atoms with van der Waals surface area (Å²) in [6, 6.07) is 6.20. The van der Waals surface area contributed by atoms with E-state index in [0.717, 1.165) is 12.1 Å². The van der Waals surface area contributed by atoms with Crippen LogP contribution in [0.2, 0.25) is 0 Å². The number of hydrogen-bond donors (Lipinski definition) is 2. The molecule has 0 unspecified atom stereocenters. The monoisotopic (exact) mass is 400 g/mol. The van der Waals surface area contributed by atoms with Gasteiger partial charge in [0.25, 0.3) is 5.56 Å². The van der Waals surface area contributed by atoms with Crippen molar-refractivity contribution in [3.63, 3.8) is 0 Å². The van der Waals surface area contributed by atoms with E-state index in [9.17, 15) is 22.8 Å². The van der Waals surface area contributed by atoms with Gasteiger partial charge in [0.2, 0.25) is 0 Å². The molecule has 2 amide bonds. The van der Waals surface area contributed by atoms with E-state index in [1.807, 2.05) is 0 Å². The molecule has 2 aromatic carbocycles. The zero-order chi connectivity index (χ0) is 21.3. The molecule has 9 heteroatoms. The van der Waals surface area contributed by atoms with Crippen molar-refractivity contribution in [1.29, 1.82) is 5.26 Å². The van der Waals surface area contributed by atoms with E-state index in [2.05, 4.69) is 10.3 Å². The van der Waals surface area contributed by atoms with Gasteiger partial charge in [-0.05, 0) is 42.1 Å². The van der Waals surface area contributed by atoms with Crippen LogP contribution in [0.4, 0.5) is 23.7 Å². The SMILES string of the molecule is C[C@H](c1c[nH]c(=O)c2c(F)c(F)ccc12)N(C)C(=O)Nc1ccc(F)c(C#N)c1. The van der Waals surface area contributed by atoms with Crippen LogP contribution in [0.3, 0.4) is 0 Å². The smallest absolute Gasteiger partial charge is 0.322 e. The number of nitriles is 1. The minimum Gasteiger partial charge on any atom is -0.328 e. The molecule has 1 aromatic heterocycles. The number of urea groups is 1. The average Bonchev–Trinajstić information content (AvgIpc) is 2.71. The van der Waals surface area contributed by atoms with Crippen LogP contribution in [0.5, 0.6) is 0 Å². The number of fused-ring (bicyclic) bond motifs is 1. The molecular formula is C20H15F3N4O2. The van der Waals surface area contributed by atoms with E-state index in [1.165, 1.54) is 36.3 Å². The summed E-state index contributed by atoms with van der Waals surface area (Å²) in [4.78, 5) is 28.1. The Morgan fingerprint density at radius 1 is 1.21 bits per heavy atom. The Balaban J connectivity index is 1.92. The molecule has 0 aliphatic carbocycles. The number of aromatic amines is 1. The highest BCUT2D eigenvalue weighted by molar-refractivity contribution is 5.91. The first-order valence-electron chi connectivity index (χ1n) is 8.47. The van der Waals surface area contributed by atoms with Gasteiger partial charge < -0.3 is 15.2 Å². The fourth-order valence-electron chi connectivity index (χ4n) is 2.94. The number of benzene rings is 2. The van der Waals surface area contributed by atoms with Gasteiger partial charge in [0, 0.05) is 18.9 Å². The lowest BCUT2D eigenvalue weighted by Crippen LogP contribution is -2.34. The van der Waals surface area contributed by atoms with Crippen molar-refractivity contribution in [3.8, 4) is 6.07 Å². The Morgan fingerprint density at radius 2 is 1.90 bits per heavy atom. The minimum atomic E-state index is -1.26. The highest BCUT2D eigenvalue weighted by Crippen LogP contribution is 2.28. The van der Waals surface area contributed by atoms with Crippen LogP contribution in [-0.4, -0.2) is 23.0 Å². The molecule has 29 heavy (non-hydrogen) atoms. The maximum Gasteiger partial charge on any atom is 0.322 e. The molecule has 3 aromatic rings. The zero-order valence-electron chi connectivity index (χ0n) is 15.4. The standard InChI is InChI=1S/C20H15F3N4O2/c1-10(14-9-25-19(28)17-13(14)4-6-16(22)18(17)23)27(2)20(29)26-12-3-5-15(21)11(7-12)8-24/h3-7,9-10H,1-2H3,(H,25,28)(H,26,29)/t10-/m1/s1. The van der Waals surface area contributed by atoms with Crippen LogP contribution in [0, 0.1) is 28.8 Å². The van der Waals surface area contributed by atoms with E-state index < -0.39 is 40.5 Å². The van der Waals surface area contributed by atoms with E-state index in [0.29, 0.717) is 5.56 Å². The summed E-state index contributed by atoms with van der Waals surface area (Å²) in [7, 11) is 1.46. The fourth-order valence-corrected chi connectivity index (χ4v) is 2.94. The Hall–Kier alpha value is -3.80. The Kier molecular flexibility index (Phi) is 5.28. The molecule has 0 spiro atoms. The van der Waals surface area contributed by atoms with Crippen LogP contribution in [0.25, 0.3) is 10.8 Å². The topological polar surface area (TPSA) is 89.0 Å². The Morgan fingerprint density at radius 3 is 2.59 bits per heavy atom. The molecule has 1 heterocycles. The van der Waals surface area contributed by atoms with Gasteiger partial charge >= 0.3 is 6.03 Å². The number of nitrogens with zero attached hydrogens (tertiary/aromatic N) is 2. The molecule has 6 nitrogen and oxygen atoms in total. The number of rotatable bonds is 3. The van der Waals surface area contributed by atoms with Crippen molar-refractivity contribution in [1.82, 2.24) is 9.88 Å². The van der Waals surface area contributed by atoms with Gasteiger partial charge in [-0.25, -0.2) is 18.0 Å². The molecule has 0 fully saturated rings. The molecule has 0 aliphatic rings. The second-order valence-electron chi connectivity index (χ2n) is 6.38. The molecule has 0 saturated heterocycles. The van der Waals surface area contributed by atoms with E-state index in [-0.39, 0.29) is 16.6 Å². The third kappa shape index (κ3) is 3.65. The fraction of sp³-hybridized carbons (Fsp3) is 0.150. The summed E-state index contributed by atoms with van der Waals surface area (Å²) in [6.07, 6.45) is 1.34. The molecular weight excluding hydrogens is 385 g/mol. The predicted octanol–water partition coefficient (Wildman–Crippen LogP) is 4.04. The average molecular weight is 400 g/mol. The lowest BCUT2D eigenvalue weighted by molar-refractivity contribution is 0.208. The van der Waals surface area contributed by atoms with E-state index >= 15 is 0 Å². The lowest BCUT2D eigenvalue weighted by atomic mass is 10.0. The third-order valence-corrected chi connectivity index (χ3v) is 4.68. The normalized spacial score (nSPS) is 11.7. The van der Waals surface area contributed by atoms with E-state index in [4.69, 9.17) is 5.26 Å². The van der Waals surface area contributed by atoms with Gasteiger partial charge in [-0.3, -0.25) is 4.79 Å². The molecule has 0 saturated carbocycles. The number of pyridine rings is 1. The van der Waals surface area contributed by atoms with E-state index in [1.54, 1.807) is 13.0 Å². The number of carbonyl (C=O) groups is 1. The molecule has 0 aliphatic heterocycles. The first-order valence-corrected chi connectivity index (χ1v) is 8.47. The molecule has 0 radical (unpaired) electrons. The molecule has 0 bridgehead atoms. The van der Waals surface area contributed by atoms with Gasteiger partial charge in [-0.2, -0.15) is 5.26 Å². The van der Waals surface area contributed by atoms with Crippen molar-refractivity contribution >= 4 is 22.5 Å². The summed E-state index contributed by atoms with van der Waals surface area (Å²) in [5, 5.41) is 11.2. The summed E-state index contributed by atoms with van der Waals surface area (Å²) in [5.74, 6) is -3.12. The van der Waals surface area contributed by atoms with Gasteiger partial charge in [0.1, 0.15) is 11.9 Å². The number of H-pyrrole nitrogens is 1. The number of nitrogens with one attached hydrogen (secondary N) is 2. The minimum absolute atomic E-state index is 0.174. The largest absolute Gasteiger partial charge is 0.328 e. The number of aromatic nitrogens is 1. The summed E-state index contributed by atoms with van der Waals surface area (Å²) < 4.78 is 41.1. The van der Waals surface area contributed by atoms with Gasteiger partial charge in [0.15, 0.2) is 11.6 Å². The zero-order valence-corrected chi connectivity index (χ0v) is 15.4. The van der Waals surface area contributed by atoms with Crippen molar-refractivity contribution in [2.75, 3.05) is 12.4 Å². The highest BCUT2D eigenvalue weighted by atomic mass is 19.2. The second-order valence-corrected chi connectivity index (χ2v) is 6.38. The van der Waals surface area contributed by atoms with Crippen molar-refractivity contribution < 1.29 is 18.0 Å². The van der Waals surface area contributed by atoms with Gasteiger partial charge in [-0.15, -0.1) is 0 Å². The number of hydrogen-bond acceptors (Lipinski definition) is 3. The van der Waals surface area contributed by atoms with Crippen molar-refractivity contribution in [2.24, 2.45) is 0 Å². The summed E-state index contributed by atoms with van der Waals surface area (Å²) in [5.41, 5.74) is -0.391. The summed E-state index contributed by atoms with van der Waals surface area (Å²) >= 11 is 0. The number of amides is 2. The third-order valence-electron chi connectivity index (χ3n) is 4.68. The predicted molar refractivity (Wildman–Crippen MR) is 101 cm³/mol. The first kappa shape index (κ1) is 19.9. The maximum absolute atomic E-state index is 14.1. The maximum atomic E-state index is 14.1. The van der Waals surface area contributed by atoms with Crippen LogP contribution in [-0.2, 0) is 0 Å². The Labute approximate surface area is 163 Å². The van der Waals surface area contributed by atoms with Gasteiger partial charge in [0.05, 0.1) is 17.0 Å². The van der Waals surface area contributed by atoms with Crippen molar-refractivity contribution in [3.05, 3.63) is 75.5 Å². The number of anilines is 1. The first-order chi connectivity index (χ1) is 13.7. The molecule has 1 atom stereocenters. The van der Waals surface area contributed by atoms with Crippen LogP contribution >= 0.6 is 0 Å². The van der Waals surface area contributed by atoms with Crippen LogP contribution in [0.1, 0.15) is 24.1 Å². The van der Waals surface area contributed by atoms with Crippen LogP contribution < -0.4 is 10.9 Å². The highest BCUT2D eigenvalue weighted by Gasteiger charge is 2.22. The molecule has 3 rings (SSSR count). The molecule has 2 N–H and O–H groups in total. The van der Waals surface area contributed by atoms with Crippen LogP contribution in [0.15, 0.2) is 41.3 Å². The number of carbonyl (C=O) groups excluding carboxylic acids is 1. The Bertz CT molecular complexity index is 1220. The quantitative estimate of drug-likeness (QED) is 0.695. The number of halogens is 3. The molecule has 148 valence electrons. The summed E-state index contributed by atoms with van der Waals surface area (Å²) in [6.45, 7) is 1.64. The van der Waals surface area contributed by atoms with Gasteiger partial charge in [-0.1, -0.05) is 6.07 Å².